The van der Waals surface area contributed by atoms with E-state index in [1.54, 1.807) is 0 Å². The van der Waals surface area contributed by atoms with Crippen LogP contribution in [0.15, 0.2) is 42.5 Å². The molecule has 0 aliphatic heterocycles. The van der Waals surface area contributed by atoms with Gasteiger partial charge < -0.3 is 0 Å². The lowest BCUT2D eigenvalue weighted by Gasteiger charge is -2.42. The molecule has 2 aromatic carbocycles. The number of Topliss-reactive ketones (excluding diaryl/α,β-unsaturated/α-hetero) is 2. The molecule has 178 valence electrons. The zero-order valence-electron chi connectivity index (χ0n) is 22.0. The Morgan fingerprint density at radius 1 is 0.818 bits per heavy atom. The molecule has 2 heteroatoms. The molecule has 2 nitrogen and oxygen atoms in total. The van der Waals surface area contributed by atoms with Gasteiger partial charge in [0.05, 0.1) is 6.42 Å². The fourth-order valence-corrected chi connectivity index (χ4v) is 5.01. The van der Waals surface area contributed by atoms with E-state index >= 15 is 0 Å². The van der Waals surface area contributed by atoms with Crippen LogP contribution in [-0.4, -0.2) is 11.6 Å². The Bertz CT molecular complexity index is 1020. The standard InChI is InChI=1S/C31H42O2/c1-21(2)15-16-29(3,4)24-12-9-22(10-13-24)27(32)20-28(33)23-11-14-25-26(19-23)31(7,8)18-17-30(25,5)6/h9-14,19,21H,15-18,20H2,1-8H3. The van der Waals surface area contributed by atoms with Crippen LogP contribution in [0.2, 0.25) is 0 Å². The highest BCUT2D eigenvalue weighted by Gasteiger charge is 2.37. The van der Waals surface area contributed by atoms with Crippen LogP contribution in [0.1, 0.15) is 125 Å². The normalized spacial score (nSPS) is 17.0. The van der Waals surface area contributed by atoms with Gasteiger partial charge >= 0.3 is 0 Å². The topological polar surface area (TPSA) is 34.1 Å². The molecule has 0 atom stereocenters. The first kappa shape index (κ1) is 25.4. The number of rotatable bonds is 8. The number of fused-ring (bicyclic) bond motifs is 1. The monoisotopic (exact) mass is 446 g/mol. The number of hydrogen-bond donors (Lipinski definition) is 0. The Morgan fingerprint density at radius 3 is 1.91 bits per heavy atom. The molecule has 0 N–H and O–H groups in total. The van der Waals surface area contributed by atoms with Crippen LogP contribution < -0.4 is 0 Å². The maximum absolute atomic E-state index is 13.0. The average Bonchev–Trinajstić information content (AvgIpc) is 2.75. The third-order valence-corrected chi connectivity index (χ3v) is 7.83. The zero-order chi connectivity index (χ0) is 24.6. The lowest BCUT2D eigenvalue weighted by atomic mass is 9.63. The van der Waals surface area contributed by atoms with Crippen LogP contribution >= 0.6 is 0 Å². The van der Waals surface area contributed by atoms with Gasteiger partial charge in [0, 0.05) is 11.1 Å². The molecule has 0 spiro atoms. The van der Waals surface area contributed by atoms with Crippen molar-refractivity contribution >= 4 is 11.6 Å². The van der Waals surface area contributed by atoms with Crippen LogP contribution in [0.25, 0.3) is 0 Å². The Balaban J connectivity index is 1.74. The SMILES string of the molecule is CC(C)CCC(C)(C)c1ccc(C(=O)CC(=O)c2ccc3c(c2)C(C)(C)CCC3(C)C)cc1. The predicted octanol–water partition coefficient (Wildman–Crippen LogP) is 8.21. The third kappa shape index (κ3) is 5.65. The molecule has 3 rings (SSSR count). The van der Waals surface area contributed by atoms with E-state index in [-0.39, 0.29) is 34.2 Å². The Morgan fingerprint density at radius 2 is 1.33 bits per heavy atom. The minimum Gasteiger partial charge on any atom is -0.294 e. The second-order valence-corrected chi connectivity index (χ2v) is 12.4. The third-order valence-electron chi connectivity index (χ3n) is 7.83. The summed E-state index contributed by atoms with van der Waals surface area (Å²) in [5.74, 6) is 0.476. The summed E-state index contributed by atoms with van der Waals surface area (Å²) < 4.78 is 0. The molecule has 2 aromatic rings. The van der Waals surface area contributed by atoms with Crippen molar-refractivity contribution in [3.05, 3.63) is 70.3 Å². The van der Waals surface area contributed by atoms with Crippen LogP contribution in [0.5, 0.6) is 0 Å². The van der Waals surface area contributed by atoms with Gasteiger partial charge in [0.25, 0.3) is 0 Å². The molecule has 0 radical (unpaired) electrons. The second kappa shape index (κ2) is 9.20. The van der Waals surface area contributed by atoms with Gasteiger partial charge in [0.15, 0.2) is 11.6 Å². The minimum atomic E-state index is -0.108. The highest BCUT2D eigenvalue weighted by atomic mass is 16.1. The Kier molecular flexibility index (Phi) is 7.08. The number of carbonyl (C=O) groups excluding carboxylic acids is 2. The summed E-state index contributed by atoms with van der Waals surface area (Å²) in [6.07, 6.45) is 4.45. The van der Waals surface area contributed by atoms with E-state index in [4.69, 9.17) is 0 Å². The van der Waals surface area contributed by atoms with E-state index in [1.165, 1.54) is 23.1 Å². The number of benzene rings is 2. The first-order chi connectivity index (χ1) is 15.2. The largest absolute Gasteiger partial charge is 0.294 e. The van der Waals surface area contributed by atoms with Gasteiger partial charge in [-0.3, -0.25) is 9.59 Å². The van der Waals surface area contributed by atoms with Gasteiger partial charge in [0.1, 0.15) is 0 Å². The molecule has 0 heterocycles. The average molecular weight is 447 g/mol. The van der Waals surface area contributed by atoms with E-state index in [9.17, 15) is 9.59 Å². The number of hydrogen-bond acceptors (Lipinski definition) is 2. The smallest absolute Gasteiger partial charge is 0.170 e. The van der Waals surface area contributed by atoms with E-state index in [0.29, 0.717) is 17.0 Å². The van der Waals surface area contributed by atoms with Crippen molar-refractivity contribution in [1.82, 2.24) is 0 Å². The maximum Gasteiger partial charge on any atom is 0.170 e. The summed E-state index contributed by atoms with van der Waals surface area (Å²) in [4.78, 5) is 25.9. The molecule has 33 heavy (non-hydrogen) atoms. The van der Waals surface area contributed by atoms with Crippen molar-refractivity contribution in [1.29, 1.82) is 0 Å². The Labute approximate surface area is 201 Å². The second-order valence-electron chi connectivity index (χ2n) is 12.4. The molecule has 0 fully saturated rings. The molecule has 0 saturated heterocycles. The van der Waals surface area contributed by atoms with E-state index < -0.39 is 0 Å². The van der Waals surface area contributed by atoms with Gasteiger partial charge in [0.2, 0.25) is 0 Å². The maximum atomic E-state index is 13.0. The van der Waals surface area contributed by atoms with E-state index in [0.717, 1.165) is 19.3 Å². The number of ketones is 2. The summed E-state index contributed by atoms with van der Waals surface area (Å²) >= 11 is 0. The van der Waals surface area contributed by atoms with Gasteiger partial charge in [-0.05, 0) is 64.2 Å². The first-order valence-corrected chi connectivity index (χ1v) is 12.5. The summed E-state index contributed by atoms with van der Waals surface area (Å²) in [5.41, 5.74) is 5.33. The van der Waals surface area contributed by atoms with E-state index in [2.05, 4.69) is 73.6 Å². The summed E-state index contributed by atoms with van der Waals surface area (Å²) in [6, 6.07) is 14.0. The lowest BCUT2D eigenvalue weighted by molar-refractivity contribution is 0.0894. The molecule has 1 aliphatic carbocycles. The van der Waals surface area contributed by atoms with Crippen molar-refractivity contribution in [3.63, 3.8) is 0 Å². The van der Waals surface area contributed by atoms with Crippen molar-refractivity contribution in [3.8, 4) is 0 Å². The molecular weight excluding hydrogens is 404 g/mol. The van der Waals surface area contributed by atoms with Crippen molar-refractivity contribution < 1.29 is 9.59 Å². The van der Waals surface area contributed by atoms with Gasteiger partial charge in [-0.15, -0.1) is 0 Å². The van der Waals surface area contributed by atoms with Crippen molar-refractivity contribution in [2.24, 2.45) is 5.92 Å². The van der Waals surface area contributed by atoms with Gasteiger partial charge in [-0.25, -0.2) is 0 Å². The van der Waals surface area contributed by atoms with Gasteiger partial charge in [-0.2, -0.15) is 0 Å². The first-order valence-electron chi connectivity index (χ1n) is 12.5. The number of carbonyl (C=O) groups is 2. The van der Waals surface area contributed by atoms with Crippen molar-refractivity contribution in [2.45, 2.75) is 104 Å². The van der Waals surface area contributed by atoms with Crippen molar-refractivity contribution in [2.75, 3.05) is 0 Å². The lowest BCUT2D eigenvalue weighted by Crippen LogP contribution is -2.34. The highest BCUT2D eigenvalue weighted by Crippen LogP contribution is 2.46. The fourth-order valence-electron chi connectivity index (χ4n) is 5.01. The van der Waals surface area contributed by atoms with E-state index in [1.807, 2.05) is 24.3 Å². The molecule has 0 saturated carbocycles. The molecule has 0 amide bonds. The van der Waals surface area contributed by atoms with Crippen LogP contribution in [0.3, 0.4) is 0 Å². The zero-order valence-corrected chi connectivity index (χ0v) is 22.0. The summed E-state index contributed by atoms with van der Waals surface area (Å²) in [6.45, 7) is 18.1. The quantitative estimate of drug-likeness (QED) is 0.302. The highest BCUT2D eigenvalue weighted by molar-refractivity contribution is 6.13. The Hall–Kier alpha value is -2.22. The summed E-state index contributed by atoms with van der Waals surface area (Å²) in [5, 5.41) is 0. The van der Waals surface area contributed by atoms with Gasteiger partial charge in [-0.1, -0.05) is 98.2 Å². The molecular formula is C31H42O2. The fraction of sp³-hybridized carbons (Fsp3) is 0.548. The summed E-state index contributed by atoms with van der Waals surface area (Å²) in [7, 11) is 0. The molecule has 0 aromatic heterocycles. The molecule has 0 unspecified atom stereocenters. The molecule has 0 bridgehead atoms. The molecule has 1 aliphatic rings. The minimum absolute atomic E-state index is 0.0450. The van der Waals surface area contributed by atoms with Crippen LogP contribution in [-0.2, 0) is 16.2 Å². The van der Waals surface area contributed by atoms with Crippen LogP contribution in [0.4, 0.5) is 0 Å². The predicted molar refractivity (Wildman–Crippen MR) is 139 cm³/mol. The van der Waals surface area contributed by atoms with Crippen LogP contribution in [0, 0.1) is 5.92 Å².